The van der Waals surface area contributed by atoms with Gasteiger partial charge >= 0.3 is 0 Å². The summed E-state index contributed by atoms with van der Waals surface area (Å²) in [4.78, 5) is 11.3. The molecule has 0 aromatic carbocycles. The number of aliphatic hydroxyl groups is 1. The first-order valence-electron chi connectivity index (χ1n) is 5.51. The second-order valence-electron chi connectivity index (χ2n) is 4.06. The third-order valence-corrected chi connectivity index (χ3v) is 2.35. The molecular formula is C11H23NO2. The Bertz CT molecular complexity index is 157. The molecule has 14 heavy (non-hydrogen) atoms. The van der Waals surface area contributed by atoms with Crippen molar-refractivity contribution in [2.24, 2.45) is 5.92 Å². The van der Waals surface area contributed by atoms with Crippen LogP contribution >= 0.6 is 0 Å². The molecule has 0 aromatic heterocycles. The number of rotatable bonds is 7. The van der Waals surface area contributed by atoms with Crippen LogP contribution in [0.1, 0.15) is 46.5 Å². The van der Waals surface area contributed by atoms with Gasteiger partial charge in [-0.3, -0.25) is 4.79 Å². The molecule has 0 fully saturated rings. The van der Waals surface area contributed by atoms with Crippen LogP contribution < -0.4 is 5.32 Å². The Labute approximate surface area is 86.9 Å². The van der Waals surface area contributed by atoms with Crippen LogP contribution in [0.5, 0.6) is 0 Å². The molecule has 0 aliphatic carbocycles. The van der Waals surface area contributed by atoms with E-state index in [9.17, 15) is 4.79 Å². The zero-order valence-corrected chi connectivity index (χ0v) is 9.55. The SMILES string of the molecule is CCC(C)CC(=O)NCCCC(C)O. The lowest BCUT2D eigenvalue weighted by Gasteiger charge is -2.09. The molecule has 0 saturated carbocycles. The van der Waals surface area contributed by atoms with Gasteiger partial charge < -0.3 is 10.4 Å². The quantitative estimate of drug-likeness (QED) is 0.616. The van der Waals surface area contributed by atoms with Crippen molar-refractivity contribution in [1.29, 1.82) is 0 Å². The first-order chi connectivity index (χ1) is 6.56. The van der Waals surface area contributed by atoms with E-state index in [1.807, 2.05) is 0 Å². The van der Waals surface area contributed by atoms with Crippen LogP contribution in [0.3, 0.4) is 0 Å². The molecule has 2 unspecified atom stereocenters. The topological polar surface area (TPSA) is 49.3 Å². The van der Waals surface area contributed by atoms with Crippen LogP contribution in [0.15, 0.2) is 0 Å². The highest BCUT2D eigenvalue weighted by atomic mass is 16.3. The molecular weight excluding hydrogens is 178 g/mol. The van der Waals surface area contributed by atoms with Crippen molar-refractivity contribution >= 4 is 5.91 Å². The first-order valence-corrected chi connectivity index (χ1v) is 5.51. The molecule has 2 atom stereocenters. The van der Waals surface area contributed by atoms with E-state index in [0.29, 0.717) is 18.9 Å². The Morgan fingerprint density at radius 2 is 2.07 bits per heavy atom. The Kier molecular flexibility index (Phi) is 7.48. The van der Waals surface area contributed by atoms with Gasteiger partial charge in [-0.05, 0) is 25.7 Å². The molecule has 3 heteroatoms. The molecule has 0 bridgehead atoms. The van der Waals surface area contributed by atoms with E-state index in [4.69, 9.17) is 5.11 Å². The van der Waals surface area contributed by atoms with Gasteiger partial charge in [0.1, 0.15) is 0 Å². The van der Waals surface area contributed by atoms with Crippen molar-refractivity contribution in [2.45, 2.75) is 52.6 Å². The third-order valence-electron chi connectivity index (χ3n) is 2.35. The number of hydrogen-bond acceptors (Lipinski definition) is 2. The largest absolute Gasteiger partial charge is 0.393 e. The number of amides is 1. The maximum Gasteiger partial charge on any atom is 0.220 e. The molecule has 0 spiro atoms. The fourth-order valence-electron chi connectivity index (χ4n) is 1.16. The summed E-state index contributed by atoms with van der Waals surface area (Å²) in [6.45, 7) is 6.61. The molecule has 3 nitrogen and oxygen atoms in total. The summed E-state index contributed by atoms with van der Waals surface area (Å²) in [6, 6.07) is 0. The fraction of sp³-hybridized carbons (Fsp3) is 0.909. The summed E-state index contributed by atoms with van der Waals surface area (Å²) in [6.07, 6.45) is 3.00. The smallest absolute Gasteiger partial charge is 0.220 e. The van der Waals surface area contributed by atoms with E-state index in [2.05, 4.69) is 19.2 Å². The van der Waals surface area contributed by atoms with Gasteiger partial charge in [0.25, 0.3) is 0 Å². The number of nitrogens with one attached hydrogen (secondary N) is 1. The van der Waals surface area contributed by atoms with Crippen LogP contribution in [0.2, 0.25) is 0 Å². The van der Waals surface area contributed by atoms with Crippen molar-refractivity contribution in [2.75, 3.05) is 6.54 Å². The monoisotopic (exact) mass is 201 g/mol. The highest BCUT2D eigenvalue weighted by Gasteiger charge is 2.06. The van der Waals surface area contributed by atoms with E-state index in [1.54, 1.807) is 6.92 Å². The van der Waals surface area contributed by atoms with Crippen molar-refractivity contribution in [3.8, 4) is 0 Å². The van der Waals surface area contributed by atoms with Crippen LogP contribution in [-0.4, -0.2) is 23.7 Å². The van der Waals surface area contributed by atoms with Crippen LogP contribution in [0.25, 0.3) is 0 Å². The van der Waals surface area contributed by atoms with Crippen molar-refractivity contribution in [1.82, 2.24) is 5.32 Å². The molecule has 0 saturated heterocycles. The second-order valence-corrected chi connectivity index (χ2v) is 4.06. The Balaban J connectivity index is 3.36. The summed E-state index contributed by atoms with van der Waals surface area (Å²) in [7, 11) is 0. The summed E-state index contributed by atoms with van der Waals surface area (Å²) in [5, 5.41) is 11.8. The standard InChI is InChI=1S/C11H23NO2/c1-4-9(2)8-11(14)12-7-5-6-10(3)13/h9-10,13H,4-8H2,1-3H3,(H,12,14). The van der Waals surface area contributed by atoms with E-state index >= 15 is 0 Å². The zero-order valence-electron chi connectivity index (χ0n) is 9.55. The lowest BCUT2D eigenvalue weighted by atomic mass is 10.1. The highest BCUT2D eigenvalue weighted by molar-refractivity contribution is 5.76. The van der Waals surface area contributed by atoms with Gasteiger partial charge in [-0.15, -0.1) is 0 Å². The van der Waals surface area contributed by atoms with Gasteiger partial charge in [0.05, 0.1) is 6.10 Å². The summed E-state index contributed by atoms with van der Waals surface area (Å²) >= 11 is 0. The average molecular weight is 201 g/mol. The average Bonchev–Trinajstić information content (AvgIpc) is 2.12. The predicted molar refractivity (Wildman–Crippen MR) is 58.0 cm³/mol. The van der Waals surface area contributed by atoms with Crippen LogP contribution in [0, 0.1) is 5.92 Å². The van der Waals surface area contributed by atoms with Crippen LogP contribution in [-0.2, 0) is 4.79 Å². The molecule has 0 aliphatic rings. The first kappa shape index (κ1) is 13.4. The Hall–Kier alpha value is -0.570. The van der Waals surface area contributed by atoms with Gasteiger partial charge in [-0.25, -0.2) is 0 Å². The molecule has 84 valence electrons. The number of aliphatic hydroxyl groups excluding tert-OH is 1. The second kappa shape index (κ2) is 7.80. The molecule has 1 amide bonds. The predicted octanol–water partition coefficient (Wildman–Crippen LogP) is 1.70. The van der Waals surface area contributed by atoms with Gasteiger partial charge in [0, 0.05) is 13.0 Å². The van der Waals surface area contributed by atoms with Crippen LogP contribution in [0.4, 0.5) is 0 Å². The third kappa shape index (κ3) is 8.05. The molecule has 2 N–H and O–H groups in total. The van der Waals surface area contributed by atoms with E-state index in [1.165, 1.54) is 0 Å². The zero-order chi connectivity index (χ0) is 11.0. The Morgan fingerprint density at radius 3 is 2.57 bits per heavy atom. The lowest BCUT2D eigenvalue weighted by molar-refractivity contribution is -0.121. The minimum Gasteiger partial charge on any atom is -0.393 e. The van der Waals surface area contributed by atoms with E-state index in [0.717, 1.165) is 19.3 Å². The minimum atomic E-state index is -0.263. The minimum absolute atomic E-state index is 0.130. The molecule has 0 aromatic rings. The fourth-order valence-corrected chi connectivity index (χ4v) is 1.16. The molecule has 0 rings (SSSR count). The maximum absolute atomic E-state index is 11.3. The summed E-state index contributed by atoms with van der Waals surface area (Å²) in [5.74, 6) is 0.594. The lowest BCUT2D eigenvalue weighted by Crippen LogP contribution is -2.26. The highest BCUT2D eigenvalue weighted by Crippen LogP contribution is 2.05. The molecule has 0 radical (unpaired) electrons. The number of hydrogen-bond donors (Lipinski definition) is 2. The number of carbonyl (C=O) groups is 1. The summed E-state index contributed by atoms with van der Waals surface area (Å²) in [5.41, 5.74) is 0. The van der Waals surface area contributed by atoms with Gasteiger partial charge in [-0.1, -0.05) is 20.3 Å². The Morgan fingerprint density at radius 1 is 1.43 bits per heavy atom. The summed E-state index contributed by atoms with van der Waals surface area (Å²) < 4.78 is 0. The molecule has 0 aliphatic heterocycles. The van der Waals surface area contributed by atoms with Crippen molar-refractivity contribution in [3.05, 3.63) is 0 Å². The van der Waals surface area contributed by atoms with Gasteiger partial charge in [-0.2, -0.15) is 0 Å². The van der Waals surface area contributed by atoms with E-state index < -0.39 is 0 Å². The van der Waals surface area contributed by atoms with E-state index in [-0.39, 0.29) is 12.0 Å². The van der Waals surface area contributed by atoms with Crippen molar-refractivity contribution in [3.63, 3.8) is 0 Å². The van der Waals surface area contributed by atoms with Gasteiger partial charge in [0.15, 0.2) is 0 Å². The van der Waals surface area contributed by atoms with Gasteiger partial charge in [0.2, 0.25) is 5.91 Å². The maximum atomic E-state index is 11.3. The normalized spacial score (nSPS) is 14.9. The molecule has 0 heterocycles. The number of carbonyl (C=O) groups excluding carboxylic acids is 1. The van der Waals surface area contributed by atoms with Crippen molar-refractivity contribution < 1.29 is 9.90 Å².